The molecule has 1 aliphatic rings. The molecule has 1 aromatic carbocycles. The first-order valence-electron chi connectivity index (χ1n) is 7.96. The highest BCUT2D eigenvalue weighted by atomic mass is 32.2. The summed E-state index contributed by atoms with van der Waals surface area (Å²) in [6.45, 7) is 1.95. The average Bonchev–Trinajstić information content (AvgIpc) is 3.04. The van der Waals surface area contributed by atoms with Crippen LogP contribution >= 0.6 is 0 Å². The van der Waals surface area contributed by atoms with E-state index in [9.17, 15) is 22.8 Å². The number of aryl methyl sites for hydroxylation is 1. The molecule has 1 aliphatic heterocycles. The van der Waals surface area contributed by atoms with Crippen molar-refractivity contribution in [3.8, 4) is 0 Å². The van der Waals surface area contributed by atoms with Gasteiger partial charge in [0.05, 0.1) is 11.3 Å². The molecule has 1 amide bonds. The predicted octanol–water partition coefficient (Wildman–Crippen LogP) is 0.192. The first kappa shape index (κ1) is 19.9. The SMILES string of the molecule is Cc1ccc(S(=O)(=O)N2CCC[C@H]2C(=O)N[C@H](CC(=O)O)C(=O)O)cc1. The van der Waals surface area contributed by atoms with E-state index in [0.29, 0.717) is 6.42 Å². The van der Waals surface area contributed by atoms with Crippen molar-refractivity contribution < 1.29 is 33.0 Å². The fraction of sp³-hybridized carbons (Fsp3) is 0.438. The Morgan fingerprint density at radius 2 is 1.85 bits per heavy atom. The average molecular weight is 384 g/mol. The maximum Gasteiger partial charge on any atom is 0.326 e. The number of nitrogens with one attached hydrogen (secondary N) is 1. The number of carbonyl (C=O) groups excluding carboxylic acids is 1. The van der Waals surface area contributed by atoms with Crippen LogP contribution in [0.1, 0.15) is 24.8 Å². The van der Waals surface area contributed by atoms with Gasteiger partial charge >= 0.3 is 11.9 Å². The summed E-state index contributed by atoms with van der Waals surface area (Å²) in [5.41, 5.74) is 0.887. The molecule has 26 heavy (non-hydrogen) atoms. The van der Waals surface area contributed by atoms with Crippen molar-refractivity contribution in [3.63, 3.8) is 0 Å². The van der Waals surface area contributed by atoms with E-state index < -0.39 is 46.4 Å². The Labute approximate surface area is 150 Å². The number of rotatable bonds is 7. The summed E-state index contributed by atoms with van der Waals surface area (Å²) in [5, 5.41) is 19.9. The van der Waals surface area contributed by atoms with Gasteiger partial charge in [-0.15, -0.1) is 0 Å². The lowest BCUT2D eigenvalue weighted by Crippen LogP contribution is -2.51. The summed E-state index contributed by atoms with van der Waals surface area (Å²) >= 11 is 0. The molecular weight excluding hydrogens is 364 g/mol. The fourth-order valence-electron chi connectivity index (χ4n) is 2.78. The molecule has 1 saturated heterocycles. The molecule has 3 N–H and O–H groups in total. The maximum absolute atomic E-state index is 12.8. The molecule has 1 aromatic rings. The van der Waals surface area contributed by atoms with Crippen molar-refractivity contribution in [1.29, 1.82) is 0 Å². The highest BCUT2D eigenvalue weighted by molar-refractivity contribution is 7.89. The second kappa shape index (κ2) is 7.83. The minimum atomic E-state index is -3.92. The maximum atomic E-state index is 12.8. The molecular formula is C16H20N2O7S. The molecule has 0 unspecified atom stereocenters. The van der Waals surface area contributed by atoms with Gasteiger partial charge in [0.25, 0.3) is 0 Å². The smallest absolute Gasteiger partial charge is 0.326 e. The van der Waals surface area contributed by atoms with Crippen molar-refractivity contribution in [2.45, 2.75) is 43.2 Å². The van der Waals surface area contributed by atoms with Crippen molar-refractivity contribution in [3.05, 3.63) is 29.8 Å². The summed E-state index contributed by atoms with van der Waals surface area (Å²) in [6.07, 6.45) is -0.116. The number of nitrogens with zero attached hydrogens (tertiary/aromatic N) is 1. The lowest BCUT2D eigenvalue weighted by Gasteiger charge is -2.24. The van der Waals surface area contributed by atoms with E-state index in [4.69, 9.17) is 10.2 Å². The minimum Gasteiger partial charge on any atom is -0.481 e. The van der Waals surface area contributed by atoms with Gasteiger partial charge in [0.1, 0.15) is 12.1 Å². The van der Waals surface area contributed by atoms with E-state index in [0.717, 1.165) is 9.87 Å². The number of hydrogen-bond donors (Lipinski definition) is 3. The molecule has 0 aliphatic carbocycles. The molecule has 1 heterocycles. The topological polar surface area (TPSA) is 141 Å². The monoisotopic (exact) mass is 384 g/mol. The van der Waals surface area contributed by atoms with E-state index in [1.54, 1.807) is 12.1 Å². The molecule has 0 aromatic heterocycles. The summed E-state index contributed by atoms with van der Waals surface area (Å²) in [6, 6.07) is 3.49. The van der Waals surface area contributed by atoms with Gasteiger partial charge in [-0.05, 0) is 31.9 Å². The Hall–Kier alpha value is -2.46. The largest absolute Gasteiger partial charge is 0.481 e. The van der Waals surface area contributed by atoms with E-state index in [1.807, 2.05) is 6.92 Å². The number of hydrogen-bond acceptors (Lipinski definition) is 5. The zero-order valence-electron chi connectivity index (χ0n) is 14.1. The van der Waals surface area contributed by atoms with Gasteiger partial charge in [0, 0.05) is 6.54 Å². The molecule has 0 radical (unpaired) electrons. The third kappa shape index (κ3) is 4.38. The zero-order chi connectivity index (χ0) is 19.5. The zero-order valence-corrected chi connectivity index (χ0v) is 14.9. The number of benzene rings is 1. The van der Waals surface area contributed by atoms with Crippen LogP contribution in [0.15, 0.2) is 29.2 Å². The second-order valence-corrected chi connectivity index (χ2v) is 7.97. The Morgan fingerprint density at radius 1 is 1.23 bits per heavy atom. The molecule has 0 spiro atoms. The Morgan fingerprint density at radius 3 is 2.38 bits per heavy atom. The van der Waals surface area contributed by atoms with Crippen LogP contribution in [0.3, 0.4) is 0 Å². The van der Waals surface area contributed by atoms with Crippen molar-refractivity contribution in [2.24, 2.45) is 0 Å². The molecule has 10 heteroatoms. The molecule has 0 saturated carbocycles. The third-order valence-electron chi connectivity index (χ3n) is 4.13. The quantitative estimate of drug-likeness (QED) is 0.609. The molecule has 1 fully saturated rings. The summed E-state index contributed by atoms with van der Waals surface area (Å²) in [4.78, 5) is 34.3. The molecule has 142 valence electrons. The predicted molar refractivity (Wildman–Crippen MR) is 89.9 cm³/mol. The van der Waals surface area contributed by atoms with Gasteiger partial charge in [-0.1, -0.05) is 17.7 Å². The van der Waals surface area contributed by atoms with Gasteiger partial charge in [-0.3, -0.25) is 9.59 Å². The van der Waals surface area contributed by atoms with Crippen molar-refractivity contribution in [1.82, 2.24) is 9.62 Å². The van der Waals surface area contributed by atoms with Crippen LogP contribution in [-0.2, 0) is 24.4 Å². The number of carboxylic acid groups (broad SMARTS) is 2. The van der Waals surface area contributed by atoms with Crippen LogP contribution in [0.25, 0.3) is 0 Å². The van der Waals surface area contributed by atoms with Gasteiger partial charge in [0.2, 0.25) is 15.9 Å². The number of amides is 1. The van der Waals surface area contributed by atoms with E-state index in [1.165, 1.54) is 12.1 Å². The Balaban J connectivity index is 2.20. The van der Waals surface area contributed by atoms with Crippen LogP contribution in [0, 0.1) is 6.92 Å². The minimum absolute atomic E-state index is 0.0446. The highest BCUT2D eigenvalue weighted by Crippen LogP contribution is 2.26. The van der Waals surface area contributed by atoms with Gasteiger partial charge in [0.15, 0.2) is 0 Å². The molecule has 0 bridgehead atoms. The number of aliphatic carboxylic acids is 2. The summed E-state index contributed by atoms with van der Waals surface area (Å²) in [7, 11) is -3.92. The second-order valence-electron chi connectivity index (χ2n) is 6.08. The fourth-order valence-corrected chi connectivity index (χ4v) is 4.43. The summed E-state index contributed by atoms with van der Waals surface area (Å²) < 4.78 is 26.6. The Kier molecular flexibility index (Phi) is 5.98. The number of carbonyl (C=O) groups is 3. The molecule has 2 atom stereocenters. The third-order valence-corrected chi connectivity index (χ3v) is 6.05. The van der Waals surface area contributed by atoms with Gasteiger partial charge in [-0.25, -0.2) is 13.2 Å². The van der Waals surface area contributed by atoms with Crippen molar-refractivity contribution >= 4 is 27.9 Å². The molecule has 9 nitrogen and oxygen atoms in total. The highest BCUT2D eigenvalue weighted by Gasteiger charge is 2.40. The van der Waals surface area contributed by atoms with Gasteiger partial charge in [-0.2, -0.15) is 4.31 Å². The van der Waals surface area contributed by atoms with Crippen LogP contribution in [-0.4, -0.2) is 59.4 Å². The van der Waals surface area contributed by atoms with Crippen LogP contribution in [0.2, 0.25) is 0 Å². The van der Waals surface area contributed by atoms with E-state index in [2.05, 4.69) is 5.32 Å². The van der Waals surface area contributed by atoms with Crippen LogP contribution < -0.4 is 5.32 Å². The normalized spacial score (nSPS) is 19.0. The number of sulfonamides is 1. The first-order chi connectivity index (χ1) is 12.1. The standard InChI is InChI=1S/C16H20N2O7S/c1-10-4-6-11(7-5-10)26(24,25)18-8-2-3-13(18)15(21)17-12(16(22)23)9-14(19)20/h4-7,12-13H,2-3,8-9H2,1H3,(H,17,21)(H,19,20)(H,22,23)/t12-,13+/m1/s1. The van der Waals surface area contributed by atoms with Crippen molar-refractivity contribution in [2.75, 3.05) is 6.54 Å². The Bertz CT molecular complexity index is 804. The lowest BCUT2D eigenvalue weighted by atomic mass is 10.1. The lowest BCUT2D eigenvalue weighted by molar-refractivity contribution is -0.147. The molecule has 2 rings (SSSR count). The van der Waals surface area contributed by atoms with Crippen LogP contribution in [0.4, 0.5) is 0 Å². The summed E-state index contributed by atoms with van der Waals surface area (Å²) in [5.74, 6) is -3.69. The first-order valence-corrected chi connectivity index (χ1v) is 9.40. The van der Waals surface area contributed by atoms with Crippen LogP contribution in [0.5, 0.6) is 0 Å². The number of carboxylic acids is 2. The van der Waals surface area contributed by atoms with Gasteiger partial charge < -0.3 is 15.5 Å². The van der Waals surface area contributed by atoms with E-state index >= 15 is 0 Å². The van der Waals surface area contributed by atoms with E-state index in [-0.39, 0.29) is 17.9 Å².